The largest absolute Gasteiger partial charge is 0.417 e. The summed E-state index contributed by atoms with van der Waals surface area (Å²) in [5, 5.41) is 4.68. The van der Waals surface area contributed by atoms with E-state index in [-0.39, 0.29) is 3.70 Å². The summed E-state index contributed by atoms with van der Waals surface area (Å²) in [7, 11) is -4.44. The van der Waals surface area contributed by atoms with Crippen molar-refractivity contribution in [1.82, 2.24) is 4.98 Å². The van der Waals surface area contributed by atoms with E-state index < -0.39 is 26.7 Å². The van der Waals surface area contributed by atoms with Crippen molar-refractivity contribution in [3.05, 3.63) is 21.5 Å². The number of nitrogens with two attached hydrogens (primary N) is 1. The Bertz CT molecular complexity index is 486. The average molecular weight is 352 g/mol. The second-order valence-electron chi connectivity index (χ2n) is 2.52. The summed E-state index contributed by atoms with van der Waals surface area (Å²) in [5.74, 6) is 0. The highest BCUT2D eigenvalue weighted by Gasteiger charge is 2.37. The van der Waals surface area contributed by atoms with Gasteiger partial charge in [0.1, 0.15) is 8.60 Å². The molecule has 0 saturated carbocycles. The van der Waals surface area contributed by atoms with Crippen molar-refractivity contribution in [2.75, 3.05) is 0 Å². The normalized spacial score (nSPS) is 12.9. The fourth-order valence-electron chi connectivity index (χ4n) is 0.917. The number of primary sulfonamides is 1. The molecule has 0 aliphatic heterocycles. The molecular formula is C6H4F3IN2O2S. The molecule has 0 radical (unpaired) electrons. The number of nitrogens with zero attached hydrogens (tertiary/aromatic N) is 1. The number of aromatic nitrogens is 1. The minimum Gasteiger partial charge on any atom is -0.249 e. The predicted octanol–water partition coefficient (Wildman–Crippen LogP) is 1.35. The van der Waals surface area contributed by atoms with E-state index in [2.05, 4.69) is 10.1 Å². The van der Waals surface area contributed by atoms with Crippen LogP contribution < -0.4 is 5.14 Å². The summed E-state index contributed by atoms with van der Waals surface area (Å²) in [6.07, 6.45) is -3.90. The Labute approximate surface area is 96.9 Å². The first kappa shape index (κ1) is 12.6. The molecule has 1 heterocycles. The topological polar surface area (TPSA) is 73.1 Å². The summed E-state index contributed by atoms with van der Waals surface area (Å²) in [4.78, 5) is 2.46. The van der Waals surface area contributed by atoms with Crippen LogP contribution in [0, 0.1) is 3.70 Å². The third-order valence-corrected chi connectivity index (χ3v) is 3.62. The zero-order valence-corrected chi connectivity index (χ0v) is 9.89. The minimum absolute atomic E-state index is 0.301. The van der Waals surface area contributed by atoms with Crippen LogP contribution in [0.15, 0.2) is 17.2 Å². The molecule has 0 aliphatic carbocycles. The molecule has 84 valence electrons. The summed E-state index contributed by atoms with van der Waals surface area (Å²) in [6, 6.07) is 0.571. The van der Waals surface area contributed by atoms with Crippen molar-refractivity contribution >= 4 is 32.6 Å². The van der Waals surface area contributed by atoms with Gasteiger partial charge >= 0.3 is 6.18 Å². The molecule has 15 heavy (non-hydrogen) atoms. The maximum absolute atomic E-state index is 12.4. The van der Waals surface area contributed by atoms with Gasteiger partial charge in [0.05, 0.1) is 5.56 Å². The molecule has 0 aliphatic rings. The Morgan fingerprint density at radius 1 is 1.40 bits per heavy atom. The van der Waals surface area contributed by atoms with Crippen LogP contribution in [0.5, 0.6) is 0 Å². The highest BCUT2D eigenvalue weighted by molar-refractivity contribution is 14.1. The third kappa shape index (κ3) is 2.78. The van der Waals surface area contributed by atoms with E-state index in [1.54, 1.807) is 0 Å². The minimum atomic E-state index is -4.77. The molecule has 2 N–H and O–H groups in total. The maximum Gasteiger partial charge on any atom is 0.417 e. The lowest BCUT2D eigenvalue weighted by Crippen LogP contribution is -2.21. The zero-order valence-electron chi connectivity index (χ0n) is 6.92. The number of hydrogen-bond acceptors (Lipinski definition) is 3. The van der Waals surface area contributed by atoms with Crippen LogP contribution in [0.3, 0.4) is 0 Å². The monoisotopic (exact) mass is 352 g/mol. The van der Waals surface area contributed by atoms with Crippen molar-refractivity contribution in [1.29, 1.82) is 0 Å². The van der Waals surface area contributed by atoms with E-state index in [1.165, 1.54) is 22.6 Å². The molecule has 1 aromatic heterocycles. The van der Waals surface area contributed by atoms with Gasteiger partial charge in [-0.1, -0.05) is 0 Å². The first-order chi connectivity index (χ1) is 6.64. The first-order valence-electron chi connectivity index (χ1n) is 3.38. The van der Waals surface area contributed by atoms with Crippen LogP contribution in [-0.4, -0.2) is 13.4 Å². The summed E-state index contributed by atoms with van der Waals surface area (Å²) < 4.78 is 58.8. The van der Waals surface area contributed by atoms with E-state index in [0.717, 1.165) is 6.20 Å². The number of alkyl halides is 3. The second-order valence-corrected chi connectivity index (χ2v) is 5.04. The standard InChI is InChI=1S/C6H4F3IN2O2S/c7-6(8,9)3-1-2-12-5(10)4(3)15(11,13)14/h1-2H,(H2,11,13,14). The lowest BCUT2D eigenvalue weighted by atomic mass is 10.3. The van der Waals surface area contributed by atoms with Crippen LogP contribution in [0.2, 0.25) is 0 Å². The van der Waals surface area contributed by atoms with Gasteiger partial charge in [-0.25, -0.2) is 18.5 Å². The molecule has 0 aromatic carbocycles. The van der Waals surface area contributed by atoms with Gasteiger partial charge in [-0.15, -0.1) is 0 Å². The van der Waals surface area contributed by atoms with Gasteiger partial charge in [-0.05, 0) is 28.7 Å². The Kier molecular flexibility index (Phi) is 3.26. The fraction of sp³-hybridized carbons (Fsp3) is 0.167. The van der Waals surface area contributed by atoms with Crippen LogP contribution >= 0.6 is 22.6 Å². The van der Waals surface area contributed by atoms with E-state index >= 15 is 0 Å². The molecule has 0 saturated heterocycles. The van der Waals surface area contributed by atoms with Gasteiger partial charge in [-0.2, -0.15) is 13.2 Å². The zero-order chi connectivity index (χ0) is 11.9. The van der Waals surface area contributed by atoms with E-state index in [1.807, 2.05) is 0 Å². The van der Waals surface area contributed by atoms with Crippen LogP contribution in [0.25, 0.3) is 0 Å². The van der Waals surface area contributed by atoms with Crippen molar-refractivity contribution in [2.24, 2.45) is 5.14 Å². The van der Waals surface area contributed by atoms with Gasteiger partial charge in [0.2, 0.25) is 10.0 Å². The Morgan fingerprint density at radius 3 is 2.27 bits per heavy atom. The summed E-state index contributed by atoms with van der Waals surface area (Å²) in [6.45, 7) is 0. The number of rotatable bonds is 1. The maximum atomic E-state index is 12.4. The number of halogens is 4. The highest BCUT2D eigenvalue weighted by atomic mass is 127. The molecule has 0 spiro atoms. The Morgan fingerprint density at radius 2 is 1.93 bits per heavy atom. The van der Waals surface area contributed by atoms with Crippen LogP contribution in [0.1, 0.15) is 5.56 Å². The average Bonchev–Trinajstić information content (AvgIpc) is 1.99. The van der Waals surface area contributed by atoms with E-state index in [9.17, 15) is 21.6 Å². The van der Waals surface area contributed by atoms with Crippen molar-refractivity contribution < 1.29 is 21.6 Å². The molecule has 0 bridgehead atoms. The summed E-state index contributed by atoms with van der Waals surface area (Å²) >= 11 is 1.38. The van der Waals surface area contributed by atoms with Crippen molar-refractivity contribution in [3.8, 4) is 0 Å². The number of sulfonamides is 1. The molecule has 4 nitrogen and oxygen atoms in total. The third-order valence-electron chi connectivity index (χ3n) is 1.45. The predicted molar refractivity (Wildman–Crippen MR) is 53.3 cm³/mol. The lowest BCUT2D eigenvalue weighted by molar-refractivity contribution is -0.140. The van der Waals surface area contributed by atoms with Crippen molar-refractivity contribution in [3.63, 3.8) is 0 Å². The van der Waals surface area contributed by atoms with E-state index in [0.29, 0.717) is 6.07 Å². The molecule has 1 rings (SSSR count). The molecule has 0 amide bonds. The Hall–Kier alpha value is -0.420. The molecule has 1 aromatic rings. The van der Waals surface area contributed by atoms with Gasteiger partial charge in [0.25, 0.3) is 0 Å². The highest BCUT2D eigenvalue weighted by Crippen LogP contribution is 2.34. The van der Waals surface area contributed by atoms with Crippen LogP contribution in [-0.2, 0) is 16.2 Å². The lowest BCUT2D eigenvalue weighted by Gasteiger charge is -2.11. The quantitative estimate of drug-likeness (QED) is 0.613. The molecule has 0 fully saturated rings. The molecule has 0 unspecified atom stereocenters. The first-order valence-corrected chi connectivity index (χ1v) is 6.01. The van der Waals surface area contributed by atoms with Crippen molar-refractivity contribution in [2.45, 2.75) is 11.1 Å². The van der Waals surface area contributed by atoms with Gasteiger partial charge in [0, 0.05) is 6.20 Å². The smallest absolute Gasteiger partial charge is 0.249 e. The number of hydrogen-bond donors (Lipinski definition) is 1. The molecule has 9 heteroatoms. The SMILES string of the molecule is NS(=O)(=O)c1c(C(F)(F)F)ccnc1I. The summed E-state index contributed by atoms with van der Waals surface area (Å²) in [5.41, 5.74) is -1.30. The van der Waals surface area contributed by atoms with E-state index in [4.69, 9.17) is 0 Å². The van der Waals surface area contributed by atoms with Crippen LogP contribution in [0.4, 0.5) is 13.2 Å². The second kappa shape index (κ2) is 3.87. The van der Waals surface area contributed by atoms with Gasteiger partial charge in [0.15, 0.2) is 0 Å². The van der Waals surface area contributed by atoms with Gasteiger partial charge in [-0.3, -0.25) is 0 Å². The Balaban J connectivity index is 3.63. The van der Waals surface area contributed by atoms with Gasteiger partial charge < -0.3 is 0 Å². The fourth-order valence-corrected chi connectivity index (χ4v) is 3.07. The number of pyridine rings is 1. The molecular weight excluding hydrogens is 348 g/mol. The molecule has 0 atom stereocenters.